The van der Waals surface area contributed by atoms with Gasteiger partial charge in [0.05, 0.1) is 13.1 Å². The Hall–Kier alpha value is -2.45. The number of aryl methyl sites for hydroxylation is 1. The summed E-state index contributed by atoms with van der Waals surface area (Å²) in [7, 11) is 1.68. The van der Waals surface area contributed by atoms with Crippen LogP contribution in [0.25, 0.3) is 11.4 Å². The largest absolute Gasteiger partial charge is 0.335 e. The molecule has 0 saturated carbocycles. The van der Waals surface area contributed by atoms with Crippen molar-refractivity contribution in [2.75, 3.05) is 19.6 Å². The fourth-order valence-electron chi connectivity index (χ4n) is 3.24. The minimum atomic E-state index is -0.339. The summed E-state index contributed by atoms with van der Waals surface area (Å²) in [5, 5.41) is 13.0. The van der Waals surface area contributed by atoms with E-state index in [-0.39, 0.29) is 17.9 Å². The zero-order valence-corrected chi connectivity index (χ0v) is 17.3. The Morgan fingerprint density at radius 2 is 1.96 bits per heavy atom. The summed E-state index contributed by atoms with van der Waals surface area (Å²) < 4.78 is 0. The van der Waals surface area contributed by atoms with Crippen LogP contribution in [0.3, 0.4) is 0 Å². The maximum Gasteiger partial charge on any atom is 0.247 e. The van der Waals surface area contributed by atoms with Gasteiger partial charge in [-0.25, -0.2) is 0 Å². The SMILES string of the molecule is CC(=O)N1CCN(C(=O)/C=C(\C)Cl)C[C@H]1c1cc(Cl)cc(-c2nnn(C)n2)c1. The number of nitrogens with zero attached hydrogens (tertiary/aromatic N) is 6. The van der Waals surface area contributed by atoms with Crippen molar-refractivity contribution in [3.8, 4) is 11.4 Å². The summed E-state index contributed by atoms with van der Waals surface area (Å²) in [6.07, 6.45) is 1.38. The Labute approximate surface area is 172 Å². The van der Waals surface area contributed by atoms with Crippen LogP contribution >= 0.6 is 23.2 Å². The molecule has 1 fully saturated rings. The number of allylic oxidation sites excluding steroid dienone is 1. The highest BCUT2D eigenvalue weighted by Crippen LogP contribution is 2.31. The predicted molar refractivity (Wildman–Crippen MR) is 106 cm³/mol. The standard InChI is InChI=1S/C18H20Cl2N6O2/c1-11(19)6-17(28)25-4-5-26(12(2)27)16(10-25)13-7-14(9-15(20)8-13)18-21-23-24(3)22-18/h6-9,16H,4-5,10H2,1-3H3/b11-6+/t16-/m0/s1. The zero-order valence-electron chi connectivity index (χ0n) is 15.8. The van der Waals surface area contributed by atoms with E-state index in [0.717, 1.165) is 5.56 Å². The Bertz CT molecular complexity index is 938. The molecule has 0 aliphatic carbocycles. The number of carbonyl (C=O) groups excluding carboxylic acids is 2. The van der Waals surface area contributed by atoms with Crippen molar-refractivity contribution in [3.63, 3.8) is 0 Å². The van der Waals surface area contributed by atoms with E-state index in [1.165, 1.54) is 17.8 Å². The minimum absolute atomic E-state index is 0.0691. The number of benzene rings is 1. The molecule has 1 atom stereocenters. The quantitative estimate of drug-likeness (QED) is 0.708. The van der Waals surface area contributed by atoms with Crippen LogP contribution < -0.4 is 0 Å². The molecule has 0 spiro atoms. The van der Waals surface area contributed by atoms with Gasteiger partial charge in [0.15, 0.2) is 0 Å². The summed E-state index contributed by atoms with van der Waals surface area (Å²) >= 11 is 12.2. The van der Waals surface area contributed by atoms with Crippen molar-refractivity contribution in [1.82, 2.24) is 30.0 Å². The van der Waals surface area contributed by atoms with Crippen LogP contribution in [0.2, 0.25) is 5.02 Å². The molecule has 0 unspecified atom stereocenters. The molecule has 8 nitrogen and oxygen atoms in total. The molecule has 0 radical (unpaired) electrons. The van der Waals surface area contributed by atoms with Crippen molar-refractivity contribution < 1.29 is 9.59 Å². The predicted octanol–water partition coefficient (Wildman–Crippen LogP) is 2.40. The first-order valence-corrected chi connectivity index (χ1v) is 9.45. The summed E-state index contributed by atoms with van der Waals surface area (Å²) in [5.74, 6) is 0.184. The smallest absolute Gasteiger partial charge is 0.247 e. The molecule has 0 bridgehead atoms. The van der Waals surface area contributed by atoms with E-state index in [4.69, 9.17) is 23.2 Å². The van der Waals surface area contributed by atoms with E-state index >= 15 is 0 Å². The van der Waals surface area contributed by atoms with Crippen molar-refractivity contribution in [1.29, 1.82) is 0 Å². The van der Waals surface area contributed by atoms with Gasteiger partial charge in [-0.3, -0.25) is 9.59 Å². The number of halogens is 2. The molecular formula is C18H20Cl2N6O2. The van der Waals surface area contributed by atoms with Crippen molar-refractivity contribution in [3.05, 3.63) is 39.9 Å². The monoisotopic (exact) mass is 422 g/mol. The van der Waals surface area contributed by atoms with Gasteiger partial charge in [0.1, 0.15) is 0 Å². The summed E-state index contributed by atoms with van der Waals surface area (Å²) in [6, 6.07) is 5.07. The zero-order chi connectivity index (χ0) is 20.4. The molecule has 2 heterocycles. The molecular weight excluding hydrogens is 403 g/mol. The lowest BCUT2D eigenvalue weighted by Gasteiger charge is -2.41. The van der Waals surface area contributed by atoms with Gasteiger partial charge in [0.2, 0.25) is 17.6 Å². The van der Waals surface area contributed by atoms with Crippen LogP contribution in [0.1, 0.15) is 25.5 Å². The second-order valence-corrected chi connectivity index (χ2v) is 7.65. The van der Waals surface area contributed by atoms with E-state index in [1.807, 2.05) is 6.07 Å². The molecule has 28 heavy (non-hydrogen) atoms. The number of carbonyl (C=O) groups is 2. The van der Waals surface area contributed by atoms with Crippen LogP contribution in [-0.2, 0) is 16.6 Å². The van der Waals surface area contributed by atoms with E-state index in [2.05, 4.69) is 15.4 Å². The third kappa shape index (κ3) is 4.51. The van der Waals surface area contributed by atoms with E-state index < -0.39 is 0 Å². The van der Waals surface area contributed by atoms with Crippen LogP contribution in [0.15, 0.2) is 29.3 Å². The van der Waals surface area contributed by atoms with Crippen LogP contribution in [0.5, 0.6) is 0 Å². The molecule has 1 aromatic carbocycles. The van der Waals surface area contributed by atoms with Crippen molar-refractivity contribution in [2.24, 2.45) is 7.05 Å². The number of rotatable bonds is 3. The molecule has 10 heteroatoms. The van der Waals surface area contributed by atoms with Gasteiger partial charge in [-0.2, -0.15) is 4.80 Å². The van der Waals surface area contributed by atoms with E-state index in [9.17, 15) is 9.59 Å². The summed E-state index contributed by atoms with van der Waals surface area (Å²) in [5.41, 5.74) is 1.49. The van der Waals surface area contributed by atoms with E-state index in [1.54, 1.807) is 35.9 Å². The Morgan fingerprint density at radius 1 is 1.21 bits per heavy atom. The second-order valence-electron chi connectivity index (χ2n) is 6.62. The number of aromatic nitrogens is 4. The van der Waals surface area contributed by atoms with Gasteiger partial charge in [0, 0.05) is 48.3 Å². The highest BCUT2D eigenvalue weighted by atomic mass is 35.5. The molecule has 1 aromatic heterocycles. The van der Waals surface area contributed by atoms with Crippen molar-refractivity contribution in [2.45, 2.75) is 19.9 Å². The summed E-state index contributed by atoms with van der Waals surface area (Å²) in [6.45, 7) is 4.37. The number of tetrazole rings is 1. The molecule has 1 aliphatic rings. The lowest BCUT2D eigenvalue weighted by molar-refractivity contribution is -0.139. The van der Waals surface area contributed by atoms with Gasteiger partial charge < -0.3 is 9.80 Å². The summed E-state index contributed by atoms with van der Waals surface area (Å²) in [4.78, 5) is 29.4. The van der Waals surface area contributed by atoms with Crippen molar-refractivity contribution >= 4 is 35.0 Å². The van der Waals surface area contributed by atoms with Crippen LogP contribution in [0, 0.1) is 0 Å². The third-order valence-electron chi connectivity index (χ3n) is 4.49. The van der Waals surface area contributed by atoms with Gasteiger partial charge >= 0.3 is 0 Å². The van der Waals surface area contributed by atoms with Crippen LogP contribution in [-0.4, -0.2) is 61.5 Å². The van der Waals surface area contributed by atoms with Gasteiger partial charge in [-0.1, -0.05) is 23.2 Å². The molecule has 2 amide bonds. The van der Waals surface area contributed by atoms with Gasteiger partial charge in [0.25, 0.3) is 0 Å². The molecule has 0 N–H and O–H groups in total. The Balaban J connectivity index is 1.97. The third-order valence-corrected chi connectivity index (χ3v) is 4.82. The highest BCUT2D eigenvalue weighted by molar-refractivity contribution is 6.31. The number of hydrogen-bond acceptors (Lipinski definition) is 5. The maximum atomic E-state index is 12.4. The molecule has 3 rings (SSSR count). The first kappa shape index (κ1) is 20.3. The topological polar surface area (TPSA) is 84.2 Å². The van der Waals surface area contributed by atoms with E-state index in [0.29, 0.717) is 41.1 Å². The number of amides is 2. The number of hydrogen-bond donors (Lipinski definition) is 0. The first-order chi connectivity index (χ1) is 13.2. The Kier molecular flexibility index (Phi) is 6.00. The molecule has 2 aromatic rings. The minimum Gasteiger partial charge on any atom is -0.335 e. The lowest BCUT2D eigenvalue weighted by Crippen LogP contribution is -2.51. The fraction of sp³-hybridized carbons (Fsp3) is 0.389. The van der Waals surface area contributed by atoms with Gasteiger partial charge in [-0.05, 0) is 35.9 Å². The molecule has 1 saturated heterocycles. The van der Waals surface area contributed by atoms with Crippen LogP contribution in [0.4, 0.5) is 0 Å². The fourth-order valence-corrected chi connectivity index (χ4v) is 3.58. The number of piperazine rings is 1. The van der Waals surface area contributed by atoms with Gasteiger partial charge in [-0.15, -0.1) is 10.2 Å². The average molecular weight is 423 g/mol. The lowest BCUT2D eigenvalue weighted by atomic mass is 9.99. The Morgan fingerprint density at radius 3 is 2.57 bits per heavy atom. The second kappa shape index (κ2) is 8.28. The highest BCUT2D eigenvalue weighted by Gasteiger charge is 2.32. The normalized spacial score (nSPS) is 17.8. The first-order valence-electron chi connectivity index (χ1n) is 8.69. The maximum absolute atomic E-state index is 12.4. The average Bonchev–Trinajstić information content (AvgIpc) is 3.06. The molecule has 1 aliphatic heterocycles. The molecule has 148 valence electrons.